The second kappa shape index (κ2) is 11.7. The van der Waals surface area contributed by atoms with E-state index in [1.54, 1.807) is 30.3 Å². The van der Waals surface area contributed by atoms with Crippen LogP contribution >= 0.6 is 0 Å². The predicted molar refractivity (Wildman–Crippen MR) is 132 cm³/mol. The molecule has 9 heteroatoms. The summed E-state index contributed by atoms with van der Waals surface area (Å²) in [6, 6.07) is 10.7. The van der Waals surface area contributed by atoms with Crippen LogP contribution in [-0.2, 0) is 9.53 Å². The molecular weight excluding hydrogens is 451 g/mol. The molecule has 3 aromatic rings. The zero-order valence-corrected chi connectivity index (χ0v) is 19.8. The highest BCUT2D eigenvalue weighted by Gasteiger charge is 2.26. The van der Waals surface area contributed by atoms with Crippen LogP contribution in [0.15, 0.2) is 46.9 Å². The molecular formula is C26H31FN4O4. The Morgan fingerprint density at radius 3 is 2.63 bits per heavy atom. The molecule has 1 aliphatic carbocycles. The van der Waals surface area contributed by atoms with Crippen LogP contribution in [0.3, 0.4) is 0 Å². The van der Waals surface area contributed by atoms with E-state index in [-0.39, 0.29) is 17.7 Å². The molecule has 1 amide bonds. The third kappa shape index (κ3) is 6.71. The summed E-state index contributed by atoms with van der Waals surface area (Å²) in [6.45, 7) is 0.918. The fourth-order valence-corrected chi connectivity index (χ4v) is 4.45. The molecule has 1 aliphatic rings. The maximum Gasteiger partial charge on any atom is 0.337 e. The number of oxazole rings is 1. The largest absolute Gasteiger partial charge is 0.465 e. The van der Waals surface area contributed by atoms with E-state index in [9.17, 15) is 14.0 Å². The van der Waals surface area contributed by atoms with Crippen LogP contribution in [0.5, 0.6) is 0 Å². The summed E-state index contributed by atoms with van der Waals surface area (Å²) in [5.41, 5.74) is 2.18. The van der Waals surface area contributed by atoms with Crippen molar-refractivity contribution in [1.29, 1.82) is 0 Å². The number of nitrogens with one attached hydrogen (secondary N) is 3. The zero-order valence-electron chi connectivity index (χ0n) is 19.8. The highest BCUT2D eigenvalue weighted by atomic mass is 19.1. The number of hydrogen-bond donors (Lipinski definition) is 3. The van der Waals surface area contributed by atoms with E-state index < -0.39 is 12.0 Å². The summed E-state index contributed by atoms with van der Waals surface area (Å²) in [6.07, 6.45) is 6.49. The Labute approximate surface area is 203 Å². The highest BCUT2D eigenvalue weighted by molar-refractivity contribution is 5.93. The number of benzene rings is 2. The Kier molecular flexibility index (Phi) is 8.18. The minimum absolute atomic E-state index is 0.131. The summed E-state index contributed by atoms with van der Waals surface area (Å²) in [4.78, 5) is 29.3. The first kappa shape index (κ1) is 24.5. The molecule has 1 aromatic heterocycles. The van der Waals surface area contributed by atoms with Gasteiger partial charge in [-0.1, -0.05) is 32.1 Å². The third-order valence-corrected chi connectivity index (χ3v) is 6.32. The molecule has 1 fully saturated rings. The number of ether oxygens (including phenoxy) is 1. The SMILES string of the molecule is COC(=O)c1ccc2nc(NC(CC3CCCCC3)C(=O)NCCNc3ccc(F)cc3)oc2c1. The number of methoxy groups -OCH3 is 1. The Hall–Kier alpha value is -3.62. The summed E-state index contributed by atoms with van der Waals surface area (Å²) in [5, 5.41) is 9.31. The van der Waals surface area contributed by atoms with Gasteiger partial charge in [-0.15, -0.1) is 0 Å². The van der Waals surface area contributed by atoms with Gasteiger partial charge in [-0.05, 0) is 54.8 Å². The number of halogens is 1. The Morgan fingerprint density at radius 2 is 1.89 bits per heavy atom. The van der Waals surface area contributed by atoms with Gasteiger partial charge in [0.2, 0.25) is 5.91 Å². The third-order valence-electron chi connectivity index (χ3n) is 6.32. The van der Waals surface area contributed by atoms with Gasteiger partial charge in [-0.25, -0.2) is 9.18 Å². The van der Waals surface area contributed by atoms with Crippen molar-refractivity contribution in [2.45, 2.75) is 44.6 Å². The highest BCUT2D eigenvalue weighted by Crippen LogP contribution is 2.29. The van der Waals surface area contributed by atoms with Crippen LogP contribution in [-0.4, -0.2) is 43.1 Å². The Balaban J connectivity index is 1.40. The minimum Gasteiger partial charge on any atom is -0.465 e. The average Bonchev–Trinajstić information content (AvgIpc) is 3.29. The Bertz CT molecular complexity index is 1140. The van der Waals surface area contributed by atoms with E-state index in [1.165, 1.54) is 38.5 Å². The number of nitrogens with zero attached hydrogens (tertiary/aromatic N) is 1. The zero-order chi connectivity index (χ0) is 24.6. The van der Waals surface area contributed by atoms with Gasteiger partial charge in [-0.3, -0.25) is 4.79 Å². The normalized spacial score (nSPS) is 14.9. The first-order valence-electron chi connectivity index (χ1n) is 12.0. The molecule has 1 heterocycles. The molecule has 8 nitrogen and oxygen atoms in total. The fraction of sp³-hybridized carbons (Fsp3) is 0.423. The maximum atomic E-state index is 13.1. The minimum atomic E-state index is -0.503. The molecule has 0 spiro atoms. The van der Waals surface area contributed by atoms with Crippen molar-refractivity contribution < 1.29 is 23.1 Å². The van der Waals surface area contributed by atoms with Gasteiger partial charge in [-0.2, -0.15) is 4.98 Å². The fourth-order valence-electron chi connectivity index (χ4n) is 4.45. The Morgan fingerprint density at radius 1 is 1.11 bits per heavy atom. The molecule has 186 valence electrons. The van der Waals surface area contributed by atoms with Gasteiger partial charge in [0.15, 0.2) is 5.58 Å². The van der Waals surface area contributed by atoms with Crippen LogP contribution in [0.25, 0.3) is 11.1 Å². The van der Waals surface area contributed by atoms with Gasteiger partial charge in [0.1, 0.15) is 17.4 Å². The van der Waals surface area contributed by atoms with Crippen LogP contribution < -0.4 is 16.0 Å². The number of aromatic nitrogens is 1. The molecule has 1 saturated carbocycles. The van der Waals surface area contributed by atoms with Gasteiger partial charge in [0.25, 0.3) is 6.01 Å². The number of hydrogen-bond acceptors (Lipinski definition) is 7. The predicted octanol–water partition coefficient (Wildman–Crippen LogP) is 4.73. The molecule has 1 atom stereocenters. The molecule has 3 N–H and O–H groups in total. The standard InChI is InChI=1S/C26H31FN4O4/c1-34-25(33)18-7-12-21-23(16-18)35-26(30-21)31-22(15-17-5-3-2-4-6-17)24(32)29-14-13-28-20-10-8-19(27)9-11-20/h7-12,16-17,22,28H,2-6,13-15H2,1H3,(H,29,32)(H,30,31). The van der Waals surface area contributed by atoms with Crippen molar-refractivity contribution in [3.63, 3.8) is 0 Å². The second-order valence-corrected chi connectivity index (χ2v) is 8.85. The summed E-state index contributed by atoms with van der Waals surface area (Å²) < 4.78 is 23.6. The number of carbonyl (C=O) groups is 2. The van der Waals surface area contributed by atoms with Gasteiger partial charge in [0, 0.05) is 18.8 Å². The van der Waals surface area contributed by atoms with E-state index in [0.29, 0.717) is 42.1 Å². The van der Waals surface area contributed by atoms with Crippen molar-refractivity contribution >= 4 is 34.7 Å². The van der Waals surface area contributed by atoms with E-state index in [2.05, 4.69) is 20.9 Å². The number of fused-ring (bicyclic) bond motifs is 1. The molecule has 0 bridgehead atoms. The number of rotatable bonds is 10. The quantitative estimate of drug-likeness (QED) is 0.283. The monoisotopic (exact) mass is 482 g/mol. The van der Waals surface area contributed by atoms with Crippen molar-refractivity contribution in [3.05, 3.63) is 53.8 Å². The average molecular weight is 483 g/mol. The van der Waals surface area contributed by atoms with Crippen molar-refractivity contribution in [3.8, 4) is 0 Å². The lowest BCUT2D eigenvalue weighted by Gasteiger charge is -2.26. The molecule has 2 aromatic carbocycles. The van der Waals surface area contributed by atoms with E-state index in [1.807, 2.05) is 0 Å². The molecule has 0 saturated heterocycles. The topological polar surface area (TPSA) is 105 Å². The second-order valence-electron chi connectivity index (χ2n) is 8.85. The van der Waals surface area contributed by atoms with Crippen molar-refractivity contribution in [1.82, 2.24) is 10.3 Å². The van der Waals surface area contributed by atoms with Crippen LogP contribution in [0, 0.1) is 11.7 Å². The number of carbonyl (C=O) groups excluding carboxylic acids is 2. The van der Waals surface area contributed by atoms with Crippen LogP contribution in [0.1, 0.15) is 48.9 Å². The lowest BCUT2D eigenvalue weighted by molar-refractivity contribution is -0.122. The lowest BCUT2D eigenvalue weighted by atomic mass is 9.84. The van der Waals surface area contributed by atoms with E-state index >= 15 is 0 Å². The van der Waals surface area contributed by atoms with Crippen molar-refractivity contribution in [2.24, 2.45) is 5.92 Å². The van der Waals surface area contributed by atoms with Crippen molar-refractivity contribution in [2.75, 3.05) is 30.8 Å². The summed E-state index contributed by atoms with van der Waals surface area (Å²) >= 11 is 0. The number of esters is 1. The van der Waals surface area contributed by atoms with Gasteiger partial charge >= 0.3 is 5.97 Å². The first-order valence-corrected chi connectivity index (χ1v) is 12.0. The van der Waals surface area contributed by atoms with E-state index in [4.69, 9.17) is 9.15 Å². The van der Waals surface area contributed by atoms with E-state index in [0.717, 1.165) is 18.5 Å². The maximum absolute atomic E-state index is 13.1. The molecule has 4 rings (SSSR count). The lowest BCUT2D eigenvalue weighted by Crippen LogP contribution is -2.42. The number of amides is 1. The smallest absolute Gasteiger partial charge is 0.337 e. The van der Waals surface area contributed by atoms with Gasteiger partial charge < -0.3 is 25.1 Å². The summed E-state index contributed by atoms with van der Waals surface area (Å²) in [5.74, 6) is -0.420. The molecule has 1 unspecified atom stereocenters. The first-order chi connectivity index (χ1) is 17.0. The summed E-state index contributed by atoms with van der Waals surface area (Å²) in [7, 11) is 1.32. The molecule has 0 aliphatic heterocycles. The molecule has 35 heavy (non-hydrogen) atoms. The van der Waals surface area contributed by atoms with Gasteiger partial charge in [0.05, 0.1) is 12.7 Å². The van der Waals surface area contributed by atoms with Crippen LogP contribution in [0.4, 0.5) is 16.1 Å². The number of anilines is 2. The van der Waals surface area contributed by atoms with Crippen LogP contribution in [0.2, 0.25) is 0 Å². The molecule has 0 radical (unpaired) electrons.